The van der Waals surface area contributed by atoms with Crippen LogP contribution in [0.15, 0.2) is 12.2 Å². The Bertz CT molecular complexity index is 352. The summed E-state index contributed by atoms with van der Waals surface area (Å²) in [5.74, 6) is 1.33. The van der Waals surface area contributed by atoms with Crippen molar-refractivity contribution in [2.75, 3.05) is 0 Å². The minimum atomic E-state index is -0.426. The third kappa shape index (κ3) is 0.971. The second-order valence-electron chi connectivity index (χ2n) is 7.21. The van der Waals surface area contributed by atoms with Gasteiger partial charge in [-0.15, -0.1) is 0 Å². The summed E-state index contributed by atoms with van der Waals surface area (Å²) in [6.07, 6.45) is 5.85. The number of rotatable bonds is 0. The molecule has 3 saturated carbocycles. The zero-order valence-corrected chi connectivity index (χ0v) is 10.8. The highest BCUT2D eigenvalue weighted by molar-refractivity contribution is 5.28. The first-order valence-electron chi connectivity index (χ1n) is 6.73. The molecule has 16 heavy (non-hydrogen) atoms. The summed E-state index contributed by atoms with van der Waals surface area (Å²) in [7, 11) is 0. The quantitative estimate of drug-likeness (QED) is 0.619. The summed E-state index contributed by atoms with van der Waals surface area (Å²) >= 11 is 0. The lowest BCUT2D eigenvalue weighted by molar-refractivity contribution is -0.0890. The molecule has 90 valence electrons. The highest BCUT2D eigenvalue weighted by Crippen LogP contribution is 2.71. The first kappa shape index (κ1) is 10.8. The molecule has 1 spiro atoms. The van der Waals surface area contributed by atoms with Gasteiger partial charge < -0.3 is 5.11 Å². The number of fused-ring (bicyclic) bond motifs is 1. The average molecular weight is 220 g/mol. The van der Waals surface area contributed by atoms with Gasteiger partial charge in [-0.25, -0.2) is 0 Å². The SMILES string of the molecule is C=C1[C@@H]2CC[C@@]3(C2)[C@H](CC[C@]3(C)O)C1(C)C. The van der Waals surface area contributed by atoms with Crippen LogP contribution in [0.5, 0.6) is 0 Å². The molecule has 0 heterocycles. The van der Waals surface area contributed by atoms with E-state index in [0.717, 1.165) is 6.42 Å². The van der Waals surface area contributed by atoms with Gasteiger partial charge >= 0.3 is 0 Å². The van der Waals surface area contributed by atoms with Gasteiger partial charge in [0.25, 0.3) is 0 Å². The summed E-state index contributed by atoms with van der Waals surface area (Å²) < 4.78 is 0. The Kier molecular flexibility index (Phi) is 1.86. The molecule has 2 bridgehead atoms. The van der Waals surface area contributed by atoms with Crippen molar-refractivity contribution in [3.8, 4) is 0 Å². The van der Waals surface area contributed by atoms with Crippen molar-refractivity contribution in [2.45, 2.75) is 58.5 Å². The predicted octanol–water partition coefficient (Wildman–Crippen LogP) is 3.53. The van der Waals surface area contributed by atoms with Gasteiger partial charge in [-0.3, -0.25) is 0 Å². The molecule has 0 aromatic heterocycles. The zero-order chi connectivity index (χ0) is 11.8. The molecular formula is C15H24O. The lowest BCUT2D eigenvalue weighted by atomic mass is 9.53. The second kappa shape index (κ2) is 2.75. The van der Waals surface area contributed by atoms with E-state index in [0.29, 0.717) is 11.8 Å². The summed E-state index contributed by atoms with van der Waals surface area (Å²) in [6, 6.07) is 0. The molecule has 3 aliphatic carbocycles. The van der Waals surface area contributed by atoms with Crippen LogP contribution < -0.4 is 0 Å². The Hall–Kier alpha value is -0.300. The molecule has 0 unspecified atom stereocenters. The molecule has 0 aromatic rings. The second-order valence-corrected chi connectivity index (χ2v) is 7.21. The molecule has 1 nitrogen and oxygen atoms in total. The van der Waals surface area contributed by atoms with Gasteiger partial charge in [0.05, 0.1) is 5.60 Å². The maximum Gasteiger partial charge on any atom is 0.0679 e. The van der Waals surface area contributed by atoms with E-state index in [1.807, 2.05) is 0 Å². The lowest BCUT2D eigenvalue weighted by Crippen LogP contribution is -2.50. The van der Waals surface area contributed by atoms with Gasteiger partial charge in [0.1, 0.15) is 0 Å². The van der Waals surface area contributed by atoms with Crippen molar-refractivity contribution in [3.05, 3.63) is 12.2 Å². The predicted molar refractivity (Wildman–Crippen MR) is 66.0 cm³/mol. The fourth-order valence-corrected chi connectivity index (χ4v) is 5.31. The fraction of sp³-hybridized carbons (Fsp3) is 0.867. The molecule has 3 fully saturated rings. The molecule has 0 saturated heterocycles. The number of hydrogen-bond donors (Lipinski definition) is 1. The molecular weight excluding hydrogens is 196 g/mol. The monoisotopic (exact) mass is 220 g/mol. The molecule has 4 atom stereocenters. The summed E-state index contributed by atoms with van der Waals surface area (Å²) in [5, 5.41) is 10.8. The van der Waals surface area contributed by atoms with Crippen LogP contribution in [0, 0.1) is 22.7 Å². The van der Waals surface area contributed by atoms with Crippen LogP contribution in [0.2, 0.25) is 0 Å². The van der Waals surface area contributed by atoms with Crippen molar-refractivity contribution in [2.24, 2.45) is 22.7 Å². The molecule has 0 aromatic carbocycles. The van der Waals surface area contributed by atoms with E-state index in [1.165, 1.54) is 31.3 Å². The normalized spacial score (nSPS) is 54.1. The van der Waals surface area contributed by atoms with E-state index >= 15 is 0 Å². The summed E-state index contributed by atoms with van der Waals surface area (Å²) in [4.78, 5) is 0. The standard InChI is InChI=1S/C15H24O/c1-10-11-5-8-15(9-11)12(13(10,2)3)6-7-14(15,4)16/h11-12,16H,1,5-9H2,2-4H3/t11-,12-,14+,15-/m1/s1. The van der Waals surface area contributed by atoms with Crippen LogP contribution in [0.1, 0.15) is 52.9 Å². The van der Waals surface area contributed by atoms with E-state index in [1.54, 1.807) is 0 Å². The van der Waals surface area contributed by atoms with E-state index in [9.17, 15) is 5.11 Å². The molecule has 1 N–H and O–H groups in total. The molecule has 3 rings (SSSR count). The molecule has 3 aliphatic rings. The molecule has 0 aliphatic heterocycles. The largest absolute Gasteiger partial charge is 0.390 e. The van der Waals surface area contributed by atoms with Crippen molar-refractivity contribution in [3.63, 3.8) is 0 Å². The number of aliphatic hydroxyl groups is 1. The highest BCUT2D eigenvalue weighted by atomic mass is 16.3. The Morgan fingerprint density at radius 3 is 2.56 bits per heavy atom. The van der Waals surface area contributed by atoms with Crippen LogP contribution in [0.3, 0.4) is 0 Å². The molecule has 0 amide bonds. The summed E-state index contributed by atoms with van der Waals surface area (Å²) in [5.41, 5.74) is 1.48. The van der Waals surface area contributed by atoms with Gasteiger partial charge in [0.15, 0.2) is 0 Å². The minimum absolute atomic E-state index is 0.211. The average Bonchev–Trinajstić information content (AvgIpc) is 2.69. The Morgan fingerprint density at radius 2 is 1.88 bits per heavy atom. The van der Waals surface area contributed by atoms with Crippen molar-refractivity contribution in [1.82, 2.24) is 0 Å². The van der Waals surface area contributed by atoms with Crippen molar-refractivity contribution in [1.29, 1.82) is 0 Å². The van der Waals surface area contributed by atoms with Gasteiger partial charge in [-0.1, -0.05) is 26.0 Å². The van der Waals surface area contributed by atoms with Gasteiger partial charge in [-0.2, -0.15) is 0 Å². The maximum absolute atomic E-state index is 10.8. The van der Waals surface area contributed by atoms with E-state index in [4.69, 9.17) is 0 Å². The smallest absolute Gasteiger partial charge is 0.0679 e. The number of hydrogen-bond acceptors (Lipinski definition) is 1. The number of allylic oxidation sites excluding steroid dienone is 1. The highest BCUT2D eigenvalue weighted by Gasteiger charge is 2.66. The van der Waals surface area contributed by atoms with Crippen LogP contribution in [-0.2, 0) is 0 Å². The van der Waals surface area contributed by atoms with Crippen molar-refractivity contribution >= 4 is 0 Å². The minimum Gasteiger partial charge on any atom is -0.390 e. The maximum atomic E-state index is 10.8. The van der Waals surface area contributed by atoms with E-state index in [2.05, 4.69) is 27.4 Å². The van der Waals surface area contributed by atoms with E-state index < -0.39 is 5.60 Å². The van der Waals surface area contributed by atoms with Crippen molar-refractivity contribution < 1.29 is 5.11 Å². The fourth-order valence-electron chi connectivity index (χ4n) is 5.31. The third-order valence-corrected chi connectivity index (χ3v) is 6.40. The van der Waals surface area contributed by atoms with E-state index in [-0.39, 0.29) is 10.8 Å². The van der Waals surface area contributed by atoms with Crippen LogP contribution in [-0.4, -0.2) is 10.7 Å². The van der Waals surface area contributed by atoms with Gasteiger partial charge in [-0.05, 0) is 56.3 Å². The first-order valence-corrected chi connectivity index (χ1v) is 6.73. The Balaban J connectivity index is 2.13. The topological polar surface area (TPSA) is 20.2 Å². The van der Waals surface area contributed by atoms with Crippen LogP contribution in [0.25, 0.3) is 0 Å². The lowest BCUT2D eigenvalue weighted by Gasteiger charge is -2.52. The first-order chi connectivity index (χ1) is 7.31. The summed E-state index contributed by atoms with van der Waals surface area (Å²) in [6.45, 7) is 11.2. The molecule has 0 radical (unpaired) electrons. The van der Waals surface area contributed by atoms with Gasteiger partial charge in [0, 0.05) is 5.41 Å². The van der Waals surface area contributed by atoms with Crippen LogP contribution in [0.4, 0.5) is 0 Å². The zero-order valence-electron chi connectivity index (χ0n) is 10.8. The third-order valence-electron chi connectivity index (χ3n) is 6.40. The molecule has 1 heteroatoms. The van der Waals surface area contributed by atoms with Crippen LogP contribution >= 0.6 is 0 Å². The Labute approximate surface area is 98.9 Å². The Morgan fingerprint density at radius 1 is 1.19 bits per heavy atom. The van der Waals surface area contributed by atoms with Gasteiger partial charge in [0.2, 0.25) is 0 Å².